The lowest BCUT2D eigenvalue weighted by atomic mass is 9.96. The van der Waals surface area contributed by atoms with Gasteiger partial charge in [0.25, 0.3) is 0 Å². The number of nitrogens with one attached hydrogen (secondary N) is 2. The average molecular weight is 354 g/mol. The average Bonchev–Trinajstić information content (AvgIpc) is 2.46. The van der Waals surface area contributed by atoms with E-state index < -0.39 is 35.2 Å². The first-order chi connectivity index (χ1) is 11.1. The first-order valence-corrected chi connectivity index (χ1v) is 7.43. The van der Waals surface area contributed by atoms with Crippen LogP contribution in [0.15, 0.2) is 18.2 Å². The molecule has 1 saturated carbocycles. The number of anilines is 1. The summed E-state index contributed by atoms with van der Waals surface area (Å²) in [5.74, 6) is 0. The van der Waals surface area contributed by atoms with Crippen LogP contribution in [-0.2, 0) is 12.4 Å². The van der Waals surface area contributed by atoms with Crippen LogP contribution in [0.4, 0.5) is 36.8 Å². The lowest BCUT2D eigenvalue weighted by molar-refractivity contribution is -0.142. The molecule has 3 nitrogen and oxygen atoms in total. The van der Waals surface area contributed by atoms with Crippen molar-refractivity contribution in [1.82, 2.24) is 5.32 Å². The Morgan fingerprint density at radius 3 is 2.12 bits per heavy atom. The third kappa shape index (κ3) is 4.78. The minimum atomic E-state index is -5.02. The van der Waals surface area contributed by atoms with Crippen molar-refractivity contribution in [3.05, 3.63) is 29.3 Å². The van der Waals surface area contributed by atoms with Gasteiger partial charge in [0.05, 0.1) is 16.8 Å². The Morgan fingerprint density at radius 2 is 1.58 bits per heavy atom. The van der Waals surface area contributed by atoms with Gasteiger partial charge in [-0.3, -0.25) is 0 Å². The molecule has 1 aromatic rings. The molecule has 0 aromatic heterocycles. The SMILES string of the molecule is O=C(Nc1ccc(C(F)(F)F)cc1C(F)(F)F)NC1CCCCC1. The van der Waals surface area contributed by atoms with Crippen molar-refractivity contribution in [2.24, 2.45) is 0 Å². The van der Waals surface area contributed by atoms with Crippen LogP contribution < -0.4 is 10.6 Å². The fourth-order valence-electron chi connectivity index (χ4n) is 2.65. The van der Waals surface area contributed by atoms with Gasteiger partial charge in [-0.05, 0) is 31.0 Å². The maximum absolute atomic E-state index is 13.0. The fraction of sp³-hybridized carbons (Fsp3) is 0.533. The molecule has 24 heavy (non-hydrogen) atoms. The molecular weight excluding hydrogens is 338 g/mol. The van der Waals surface area contributed by atoms with E-state index in [2.05, 4.69) is 5.32 Å². The zero-order valence-electron chi connectivity index (χ0n) is 12.5. The molecule has 0 unspecified atom stereocenters. The van der Waals surface area contributed by atoms with Crippen LogP contribution in [0.3, 0.4) is 0 Å². The van der Waals surface area contributed by atoms with Crippen LogP contribution in [-0.4, -0.2) is 12.1 Å². The van der Waals surface area contributed by atoms with Gasteiger partial charge in [-0.1, -0.05) is 19.3 Å². The van der Waals surface area contributed by atoms with Crippen molar-refractivity contribution in [3.63, 3.8) is 0 Å². The normalized spacial score (nSPS) is 16.8. The van der Waals surface area contributed by atoms with E-state index in [0.29, 0.717) is 12.1 Å². The van der Waals surface area contributed by atoms with Crippen LogP contribution in [0.1, 0.15) is 43.2 Å². The summed E-state index contributed by atoms with van der Waals surface area (Å²) in [6, 6.07) is 0.128. The highest BCUT2D eigenvalue weighted by Crippen LogP contribution is 2.39. The summed E-state index contributed by atoms with van der Waals surface area (Å²) >= 11 is 0. The molecule has 0 spiro atoms. The van der Waals surface area contributed by atoms with E-state index in [4.69, 9.17) is 0 Å². The Hall–Kier alpha value is -1.93. The predicted molar refractivity (Wildman–Crippen MR) is 75.5 cm³/mol. The van der Waals surface area contributed by atoms with Crippen molar-refractivity contribution >= 4 is 11.7 Å². The molecule has 0 heterocycles. The Labute approximate surface area is 134 Å². The molecule has 1 aliphatic carbocycles. The molecule has 0 aliphatic heterocycles. The minimum absolute atomic E-state index is 0.00375. The number of rotatable bonds is 2. The van der Waals surface area contributed by atoms with Gasteiger partial charge >= 0.3 is 18.4 Å². The second-order valence-electron chi connectivity index (χ2n) is 5.69. The summed E-state index contributed by atoms with van der Waals surface area (Å²) in [5.41, 5.74) is -3.66. The molecule has 1 aliphatic rings. The summed E-state index contributed by atoms with van der Waals surface area (Å²) < 4.78 is 76.7. The van der Waals surface area contributed by atoms with Crippen LogP contribution in [0.25, 0.3) is 0 Å². The first kappa shape index (κ1) is 18.4. The van der Waals surface area contributed by atoms with Gasteiger partial charge in [-0.2, -0.15) is 26.3 Å². The number of halogens is 6. The van der Waals surface area contributed by atoms with E-state index in [0.717, 1.165) is 32.1 Å². The zero-order valence-corrected chi connectivity index (χ0v) is 12.5. The minimum Gasteiger partial charge on any atom is -0.335 e. The predicted octanol–water partition coefficient (Wildman–Crippen LogP) is 5.18. The highest BCUT2D eigenvalue weighted by molar-refractivity contribution is 5.90. The molecule has 0 atom stereocenters. The second-order valence-corrected chi connectivity index (χ2v) is 5.69. The molecule has 1 fully saturated rings. The highest BCUT2D eigenvalue weighted by atomic mass is 19.4. The topological polar surface area (TPSA) is 41.1 Å². The lowest BCUT2D eigenvalue weighted by Gasteiger charge is -2.23. The Morgan fingerprint density at radius 1 is 0.958 bits per heavy atom. The third-order valence-corrected chi connectivity index (χ3v) is 3.84. The summed E-state index contributed by atoms with van der Waals surface area (Å²) in [7, 11) is 0. The number of amides is 2. The maximum atomic E-state index is 13.0. The third-order valence-electron chi connectivity index (χ3n) is 3.84. The van der Waals surface area contributed by atoms with Gasteiger partial charge in [-0.25, -0.2) is 4.79 Å². The molecule has 1 aromatic carbocycles. The zero-order chi connectivity index (χ0) is 18.0. The lowest BCUT2D eigenvalue weighted by Crippen LogP contribution is -2.39. The van der Waals surface area contributed by atoms with Crippen molar-refractivity contribution in [2.45, 2.75) is 50.5 Å². The maximum Gasteiger partial charge on any atom is 0.418 e. The van der Waals surface area contributed by atoms with Crippen molar-refractivity contribution in [3.8, 4) is 0 Å². The molecule has 0 saturated heterocycles. The highest BCUT2D eigenvalue weighted by Gasteiger charge is 2.38. The number of hydrogen-bond acceptors (Lipinski definition) is 1. The van der Waals surface area contributed by atoms with Gasteiger partial charge < -0.3 is 10.6 Å². The largest absolute Gasteiger partial charge is 0.418 e. The fourth-order valence-corrected chi connectivity index (χ4v) is 2.65. The van der Waals surface area contributed by atoms with E-state index in [1.54, 1.807) is 0 Å². The van der Waals surface area contributed by atoms with Gasteiger partial charge in [0.2, 0.25) is 0 Å². The Bertz CT molecular complexity index is 591. The molecule has 2 N–H and O–H groups in total. The standard InChI is InChI=1S/C15H16F6N2O/c16-14(17,18)9-6-7-12(11(8-9)15(19,20)21)23-13(24)22-10-4-2-1-3-5-10/h6-8,10H,1-5H2,(H2,22,23,24). The number of hydrogen-bond donors (Lipinski definition) is 2. The first-order valence-electron chi connectivity index (χ1n) is 7.43. The van der Waals surface area contributed by atoms with Gasteiger partial charge in [0, 0.05) is 6.04 Å². The van der Waals surface area contributed by atoms with Crippen LogP contribution in [0, 0.1) is 0 Å². The number of benzene rings is 1. The monoisotopic (exact) mass is 354 g/mol. The van der Waals surface area contributed by atoms with Gasteiger partial charge in [-0.15, -0.1) is 0 Å². The van der Waals surface area contributed by atoms with Gasteiger partial charge in [0.1, 0.15) is 0 Å². The number of carbonyl (C=O) groups excluding carboxylic acids is 1. The molecular formula is C15H16F6N2O. The number of urea groups is 1. The van der Waals surface area contributed by atoms with Crippen molar-refractivity contribution in [2.75, 3.05) is 5.32 Å². The molecule has 0 bridgehead atoms. The van der Waals surface area contributed by atoms with Crippen LogP contribution >= 0.6 is 0 Å². The van der Waals surface area contributed by atoms with Crippen molar-refractivity contribution < 1.29 is 31.1 Å². The smallest absolute Gasteiger partial charge is 0.335 e. The summed E-state index contributed by atoms with van der Waals surface area (Å²) in [6.45, 7) is 0. The quantitative estimate of drug-likeness (QED) is 0.706. The molecule has 2 rings (SSSR count). The number of alkyl halides is 6. The van der Waals surface area contributed by atoms with Crippen molar-refractivity contribution in [1.29, 1.82) is 0 Å². The van der Waals surface area contributed by atoms with Gasteiger partial charge in [0.15, 0.2) is 0 Å². The molecule has 9 heteroatoms. The van der Waals surface area contributed by atoms with Crippen LogP contribution in [0.2, 0.25) is 0 Å². The molecule has 0 radical (unpaired) electrons. The molecule has 2 amide bonds. The number of carbonyl (C=O) groups is 1. The Balaban J connectivity index is 2.17. The van der Waals surface area contributed by atoms with Crippen LogP contribution in [0.5, 0.6) is 0 Å². The van der Waals surface area contributed by atoms with E-state index in [1.807, 2.05) is 5.32 Å². The second kappa shape index (κ2) is 6.90. The van der Waals surface area contributed by atoms with E-state index in [-0.39, 0.29) is 12.1 Å². The summed E-state index contributed by atoms with van der Waals surface area (Å²) in [5, 5.41) is 4.56. The van der Waals surface area contributed by atoms with E-state index in [9.17, 15) is 31.1 Å². The molecule has 134 valence electrons. The summed E-state index contributed by atoms with van der Waals surface area (Å²) in [4.78, 5) is 11.8. The van der Waals surface area contributed by atoms with E-state index in [1.165, 1.54) is 0 Å². The summed E-state index contributed by atoms with van der Waals surface area (Å²) in [6.07, 6.45) is -5.59. The van der Waals surface area contributed by atoms with E-state index >= 15 is 0 Å². The Kier molecular flexibility index (Phi) is 5.29.